The van der Waals surface area contributed by atoms with Gasteiger partial charge >= 0.3 is 18.3 Å². The zero-order valence-electron chi connectivity index (χ0n) is 16.4. The number of benzene rings is 1. The normalized spacial score (nSPS) is 25.6. The summed E-state index contributed by atoms with van der Waals surface area (Å²) in [7, 11) is 0. The van der Waals surface area contributed by atoms with E-state index in [-0.39, 0.29) is 36.4 Å². The van der Waals surface area contributed by atoms with Crippen molar-refractivity contribution >= 4 is 5.97 Å². The van der Waals surface area contributed by atoms with Crippen molar-refractivity contribution in [1.82, 2.24) is 10.3 Å². The van der Waals surface area contributed by atoms with Crippen LogP contribution in [0.3, 0.4) is 0 Å². The minimum Gasteiger partial charge on any atom is -0.480 e. The first-order valence-corrected chi connectivity index (χ1v) is 9.81. The first-order chi connectivity index (χ1) is 14.9. The summed E-state index contributed by atoms with van der Waals surface area (Å²) in [4.78, 5) is 15.6. The Morgan fingerprint density at radius 2 is 1.59 bits per heavy atom. The fourth-order valence-electron chi connectivity index (χ4n) is 4.45. The highest BCUT2D eigenvalue weighted by Gasteiger charge is 2.48. The highest BCUT2D eigenvalue weighted by atomic mass is 19.4. The number of fused-ring (bicyclic) bond motifs is 2. The van der Waals surface area contributed by atoms with Gasteiger partial charge in [0.25, 0.3) is 0 Å². The van der Waals surface area contributed by atoms with E-state index in [9.17, 15) is 36.2 Å². The van der Waals surface area contributed by atoms with E-state index >= 15 is 0 Å². The van der Waals surface area contributed by atoms with Crippen LogP contribution in [0.15, 0.2) is 36.5 Å². The Balaban J connectivity index is 1.77. The summed E-state index contributed by atoms with van der Waals surface area (Å²) in [5, 5.41) is 12.8. The summed E-state index contributed by atoms with van der Waals surface area (Å²) in [6.07, 6.45) is -6.52. The highest BCUT2D eigenvalue weighted by molar-refractivity contribution is 5.91. The van der Waals surface area contributed by atoms with E-state index in [1.54, 1.807) is 0 Å². The number of piperidine rings is 1. The zero-order chi connectivity index (χ0) is 23.3. The number of carboxylic acids is 1. The van der Waals surface area contributed by atoms with Crippen molar-refractivity contribution in [2.24, 2.45) is 0 Å². The molecule has 32 heavy (non-hydrogen) atoms. The second kappa shape index (κ2) is 7.65. The Bertz CT molecular complexity index is 1010. The Labute approximate surface area is 178 Å². The minimum atomic E-state index is -4.75. The maximum absolute atomic E-state index is 13.1. The van der Waals surface area contributed by atoms with Gasteiger partial charge in [-0.15, -0.1) is 0 Å². The number of alkyl halides is 6. The molecular weight excluding hydrogens is 442 g/mol. The van der Waals surface area contributed by atoms with Crippen LogP contribution >= 0.6 is 0 Å². The molecular formula is C21H18F6N2O3. The average molecular weight is 460 g/mol. The predicted octanol–water partition coefficient (Wildman–Crippen LogP) is 5.01. The fourth-order valence-corrected chi connectivity index (χ4v) is 4.45. The third kappa shape index (κ3) is 4.25. The standard InChI is InChI=1S/C21H18F6N2O3/c22-20(23,24)11-1-5-16(15(7-11)18(30)31)32-19(8-13-3-4-14(9-19)29-13)17-6-2-12(10-28-17)21(25,26)27/h1-2,5-7,10,13-14,29H,3-4,8-9H2,(H,30,31). The van der Waals surface area contributed by atoms with Crippen molar-refractivity contribution in [1.29, 1.82) is 0 Å². The van der Waals surface area contributed by atoms with Gasteiger partial charge in [-0.25, -0.2) is 4.79 Å². The molecule has 11 heteroatoms. The predicted molar refractivity (Wildman–Crippen MR) is 99.1 cm³/mol. The number of hydrogen-bond acceptors (Lipinski definition) is 4. The van der Waals surface area contributed by atoms with Gasteiger partial charge in [0.1, 0.15) is 11.3 Å². The van der Waals surface area contributed by atoms with Gasteiger partial charge in [0.15, 0.2) is 5.60 Å². The van der Waals surface area contributed by atoms with Crippen molar-refractivity contribution in [2.75, 3.05) is 0 Å². The molecule has 0 spiro atoms. The van der Waals surface area contributed by atoms with Gasteiger partial charge in [0.2, 0.25) is 0 Å². The van der Waals surface area contributed by atoms with Crippen LogP contribution < -0.4 is 10.1 Å². The lowest BCUT2D eigenvalue weighted by molar-refractivity contribution is -0.138. The van der Waals surface area contributed by atoms with Gasteiger partial charge < -0.3 is 15.2 Å². The van der Waals surface area contributed by atoms with E-state index < -0.39 is 40.6 Å². The summed E-state index contributed by atoms with van der Waals surface area (Å²) in [6, 6.07) is 4.09. The topological polar surface area (TPSA) is 71.5 Å². The molecule has 2 N–H and O–H groups in total. The summed E-state index contributed by atoms with van der Waals surface area (Å²) >= 11 is 0. The molecule has 4 rings (SSSR count). The quantitative estimate of drug-likeness (QED) is 0.628. The number of ether oxygens (including phenoxy) is 1. The zero-order valence-corrected chi connectivity index (χ0v) is 16.4. The largest absolute Gasteiger partial charge is 0.480 e. The molecule has 0 radical (unpaired) electrons. The average Bonchev–Trinajstić information content (AvgIpc) is 3.05. The van der Waals surface area contributed by atoms with E-state index in [2.05, 4.69) is 10.3 Å². The third-order valence-electron chi connectivity index (χ3n) is 5.89. The maximum atomic E-state index is 13.1. The molecule has 5 nitrogen and oxygen atoms in total. The molecule has 0 saturated carbocycles. The molecule has 3 heterocycles. The SMILES string of the molecule is O=C(O)c1cc(C(F)(F)F)ccc1OC1(c2ccc(C(F)(F)F)cn2)CC2CCC(C1)N2. The molecule has 2 unspecified atom stereocenters. The molecule has 0 aliphatic carbocycles. The summed E-state index contributed by atoms with van der Waals surface area (Å²) < 4.78 is 84.2. The smallest absolute Gasteiger partial charge is 0.417 e. The van der Waals surface area contributed by atoms with Crippen LogP contribution in [0, 0.1) is 0 Å². The number of carboxylic acid groups (broad SMARTS) is 1. The minimum absolute atomic E-state index is 0.0411. The van der Waals surface area contributed by atoms with Gasteiger partial charge in [-0.2, -0.15) is 26.3 Å². The van der Waals surface area contributed by atoms with Gasteiger partial charge in [-0.1, -0.05) is 0 Å². The molecule has 172 valence electrons. The van der Waals surface area contributed by atoms with Gasteiger partial charge in [-0.3, -0.25) is 4.98 Å². The van der Waals surface area contributed by atoms with Gasteiger partial charge in [0.05, 0.1) is 16.8 Å². The maximum Gasteiger partial charge on any atom is 0.417 e. The Morgan fingerprint density at radius 1 is 1.00 bits per heavy atom. The second-order valence-electron chi connectivity index (χ2n) is 8.09. The summed E-state index contributed by atoms with van der Waals surface area (Å²) in [5.41, 5.74) is -3.90. The molecule has 2 bridgehead atoms. The van der Waals surface area contributed by atoms with E-state index in [1.165, 1.54) is 6.07 Å². The van der Waals surface area contributed by atoms with Gasteiger partial charge in [-0.05, 0) is 43.2 Å². The summed E-state index contributed by atoms with van der Waals surface area (Å²) in [5.74, 6) is -1.91. The van der Waals surface area contributed by atoms with Crippen molar-refractivity contribution in [3.05, 3.63) is 58.9 Å². The van der Waals surface area contributed by atoms with E-state index in [0.717, 1.165) is 25.0 Å². The Morgan fingerprint density at radius 3 is 2.09 bits per heavy atom. The van der Waals surface area contributed by atoms with Crippen molar-refractivity contribution in [3.63, 3.8) is 0 Å². The second-order valence-corrected chi connectivity index (χ2v) is 8.09. The molecule has 2 fully saturated rings. The van der Waals surface area contributed by atoms with Crippen LogP contribution in [0.5, 0.6) is 5.75 Å². The number of hydrogen-bond donors (Lipinski definition) is 2. The van der Waals surface area contributed by atoms with Crippen LogP contribution in [0.2, 0.25) is 0 Å². The van der Waals surface area contributed by atoms with E-state index in [1.807, 2.05) is 0 Å². The number of aromatic nitrogens is 1. The van der Waals surface area contributed by atoms with Crippen LogP contribution in [0.25, 0.3) is 0 Å². The number of nitrogens with zero attached hydrogens (tertiary/aromatic N) is 1. The molecule has 1 aromatic heterocycles. The van der Waals surface area contributed by atoms with Crippen LogP contribution in [-0.4, -0.2) is 28.1 Å². The van der Waals surface area contributed by atoms with Gasteiger partial charge in [0, 0.05) is 31.1 Å². The summed E-state index contributed by atoms with van der Waals surface area (Å²) in [6.45, 7) is 0. The number of rotatable bonds is 4. The molecule has 1 aromatic carbocycles. The van der Waals surface area contributed by atoms with Crippen LogP contribution in [0.1, 0.15) is 52.9 Å². The molecule has 2 saturated heterocycles. The number of nitrogens with one attached hydrogen (secondary N) is 1. The van der Waals surface area contributed by atoms with Crippen LogP contribution in [0.4, 0.5) is 26.3 Å². The molecule has 2 aliphatic rings. The first kappa shape index (κ1) is 22.4. The first-order valence-electron chi connectivity index (χ1n) is 9.81. The van der Waals surface area contributed by atoms with Crippen molar-refractivity contribution in [3.8, 4) is 5.75 Å². The van der Waals surface area contributed by atoms with Crippen molar-refractivity contribution in [2.45, 2.75) is 55.7 Å². The van der Waals surface area contributed by atoms with Crippen molar-refractivity contribution < 1.29 is 41.0 Å². The molecule has 2 atom stereocenters. The van der Waals surface area contributed by atoms with E-state index in [0.29, 0.717) is 18.3 Å². The fraction of sp³-hybridized carbons (Fsp3) is 0.429. The third-order valence-corrected chi connectivity index (χ3v) is 5.89. The number of halogens is 6. The Kier molecular flexibility index (Phi) is 5.35. The molecule has 2 aliphatic heterocycles. The number of pyridine rings is 1. The van der Waals surface area contributed by atoms with Crippen LogP contribution in [-0.2, 0) is 18.0 Å². The Hall–Kier alpha value is -2.82. The lowest BCUT2D eigenvalue weighted by Gasteiger charge is -2.41. The number of carbonyl (C=O) groups is 1. The monoisotopic (exact) mass is 460 g/mol. The molecule has 2 aromatic rings. The highest BCUT2D eigenvalue weighted by Crippen LogP contribution is 2.45. The lowest BCUT2D eigenvalue weighted by Crippen LogP contribution is -2.50. The van der Waals surface area contributed by atoms with E-state index in [4.69, 9.17) is 4.74 Å². The lowest BCUT2D eigenvalue weighted by atomic mass is 9.83. The number of aromatic carboxylic acids is 1. The molecule has 0 amide bonds.